The number of thiazole rings is 1. The number of halogens is 1. The molecule has 1 aromatic heterocycles. The van der Waals surface area contributed by atoms with E-state index in [0.717, 1.165) is 16.1 Å². The summed E-state index contributed by atoms with van der Waals surface area (Å²) in [5, 5.41) is 5.51. The van der Waals surface area contributed by atoms with Crippen molar-refractivity contribution < 1.29 is 14.0 Å². The summed E-state index contributed by atoms with van der Waals surface area (Å²) in [6.07, 6.45) is 0.155. The highest BCUT2D eigenvalue weighted by Crippen LogP contribution is 2.23. The summed E-state index contributed by atoms with van der Waals surface area (Å²) in [4.78, 5) is 30.9. The first-order chi connectivity index (χ1) is 14.0. The van der Waals surface area contributed by atoms with Crippen LogP contribution in [-0.4, -0.2) is 34.8 Å². The van der Waals surface area contributed by atoms with Crippen LogP contribution in [-0.2, 0) is 22.6 Å². The fourth-order valence-electron chi connectivity index (χ4n) is 2.78. The summed E-state index contributed by atoms with van der Waals surface area (Å²) in [6.45, 7) is 2.53. The quantitative estimate of drug-likeness (QED) is 0.615. The van der Waals surface area contributed by atoms with E-state index in [1.807, 2.05) is 42.6 Å². The van der Waals surface area contributed by atoms with Crippen molar-refractivity contribution in [2.45, 2.75) is 19.9 Å². The van der Waals surface area contributed by atoms with Crippen LogP contribution in [0, 0.1) is 5.82 Å². The number of hydrogen-bond donors (Lipinski definition) is 1. The maximum Gasteiger partial charge on any atom is 0.239 e. The van der Waals surface area contributed by atoms with Crippen molar-refractivity contribution in [3.8, 4) is 10.6 Å². The van der Waals surface area contributed by atoms with Gasteiger partial charge in [0.25, 0.3) is 0 Å². The SMILES string of the molecule is CCN(CC(=O)NCc1ccc(F)cc1)C(=O)Cc1csc(-c2ccccc2)n1. The van der Waals surface area contributed by atoms with E-state index in [1.54, 1.807) is 12.1 Å². The number of carbonyl (C=O) groups excluding carboxylic acids is 2. The zero-order valence-electron chi connectivity index (χ0n) is 16.1. The molecular weight excluding hydrogens is 389 g/mol. The first kappa shape index (κ1) is 20.7. The van der Waals surface area contributed by atoms with E-state index in [-0.39, 0.29) is 37.1 Å². The van der Waals surface area contributed by atoms with Crippen LogP contribution in [0.1, 0.15) is 18.2 Å². The molecule has 7 heteroatoms. The van der Waals surface area contributed by atoms with Crippen LogP contribution in [0.2, 0.25) is 0 Å². The van der Waals surface area contributed by atoms with Crippen LogP contribution in [0.15, 0.2) is 60.0 Å². The molecule has 3 aromatic rings. The normalized spacial score (nSPS) is 10.6. The maximum absolute atomic E-state index is 12.9. The maximum atomic E-state index is 12.9. The van der Waals surface area contributed by atoms with Crippen molar-refractivity contribution in [2.24, 2.45) is 0 Å². The van der Waals surface area contributed by atoms with Crippen LogP contribution < -0.4 is 5.32 Å². The second kappa shape index (κ2) is 9.93. The Hall–Kier alpha value is -3.06. The van der Waals surface area contributed by atoms with Gasteiger partial charge in [-0.25, -0.2) is 9.37 Å². The monoisotopic (exact) mass is 411 g/mol. The van der Waals surface area contributed by atoms with E-state index >= 15 is 0 Å². The van der Waals surface area contributed by atoms with Gasteiger partial charge in [-0.3, -0.25) is 9.59 Å². The van der Waals surface area contributed by atoms with E-state index in [2.05, 4.69) is 10.3 Å². The van der Waals surface area contributed by atoms with E-state index in [9.17, 15) is 14.0 Å². The van der Waals surface area contributed by atoms with Gasteiger partial charge in [0.2, 0.25) is 11.8 Å². The molecular formula is C22H22FN3O2S. The minimum absolute atomic E-state index is 0.0216. The molecule has 0 unspecified atom stereocenters. The number of hydrogen-bond acceptors (Lipinski definition) is 4. The van der Waals surface area contributed by atoms with E-state index in [4.69, 9.17) is 0 Å². The van der Waals surface area contributed by atoms with Gasteiger partial charge in [-0.2, -0.15) is 0 Å². The highest BCUT2D eigenvalue weighted by atomic mass is 32.1. The second-order valence-electron chi connectivity index (χ2n) is 6.50. The lowest BCUT2D eigenvalue weighted by atomic mass is 10.2. The molecule has 0 atom stereocenters. The van der Waals surface area contributed by atoms with Crippen molar-refractivity contribution in [1.82, 2.24) is 15.2 Å². The van der Waals surface area contributed by atoms with Gasteiger partial charge in [0.15, 0.2) is 0 Å². The van der Waals surface area contributed by atoms with Crippen molar-refractivity contribution >= 4 is 23.2 Å². The second-order valence-corrected chi connectivity index (χ2v) is 7.36. The van der Waals surface area contributed by atoms with Crippen molar-refractivity contribution in [1.29, 1.82) is 0 Å². The number of rotatable bonds is 8. The van der Waals surface area contributed by atoms with Crippen LogP contribution in [0.4, 0.5) is 4.39 Å². The van der Waals surface area contributed by atoms with E-state index < -0.39 is 0 Å². The molecule has 0 radical (unpaired) electrons. The Bertz CT molecular complexity index is 958. The van der Waals surface area contributed by atoms with Gasteiger partial charge in [0.05, 0.1) is 18.7 Å². The van der Waals surface area contributed by atoms with Crippen molar-refractivity contribution in [3.63, 3.8) is 0 Å². The topological polar surface area (TPSA) is 62.3 Å². The number of benzene rings is 2. The number of nitrogens with zero attached hydrogens (tertiary/aromatic N) is 2. The molecule has 0 bridgehead atoms. The van der Waals surface area contributed by atoms with Gasteiger partial charge in [-0.15, -0.1) is 11.3 Å². The van der Waals surface area contributed by atoms with Crippen LogP contribution >= 0.6 is 11.3 Å². The third-order valence-electron chi connectivity index (χ3n) is 4.38. The number of nitrogens with one attached hydrogen (secondary N) is 1. The summed E-state index contributed by atoms with van der Waals surface area (Å²) in [6, 6.07) is 15.7. The van der Waals surface area contributed by atoms with Crippen molar-refractivity contribution in [2.75, 3.05) is 13.1 Å². The summed E-state index contributed by atoms with van der Waals surface area (Å²) in [5.41, 5.74) is 2.51. The molecule has 0 fully saturated rings. The fraction of sp³-hybridized carbons (Fsp3) is 0.227. The summed E-state index contributed by atoms with van der Waals surface area (Å²) >= 11 is 1.50. The number of aromatic nitrogens is 1. The number of amides is 2. The summed E-state index contributed by atoms with van der Waals surface area (Å²) in [7, 11) is 0. The van der Waals surface area contributed by atoms with Gasteiger partial charge in [0, 0.05) is 24.0 Å². The largest absolute Gasteiger partial charge is 0.350 e. The molecule has 0 saturated carbocycles. The molecule has 3 rings (SSSR count). The molecule has 0 aliphatic carbocycles. The highest BCUT2D eigenvalue weighted by molar-refractivity contribution is 7.13. The molecule has 0 saturated heterocycles. The van der Waals surface area contributed by atoms with Gasteiger partial charge >= 0.3 is 0 Å². The zero-order valence-corrected chi connectivity index (χ0v) is 16.9. The molecule has 0 aliphatic heterocycles. The number of likely N-dealkylation sites (N-methyl/N-ethyl adjacent to an activating group) is 1. The van der Waals surface area contributed by atoms with Crippen LogP contribution in [0.3, 0.4) is 0 Å². The standard InChI is InChI=1S/C22H22FN3O2S/c1-2-26(14-20(27)24-13-16-8-10-18(23)11-9-16)21(28)12-19-15-29-22(25-19)17-6-4-3-5-7-17/h3-11,15H,2,12-14H2,1H3,(H,24,27). The molecule has 29 heavy (non-hydrogen) atoms. The van der Waals surface area contributed by atoms with Gasteiger partial charge in [-0.05, 0) is 24.6 Å². The van der Waals surface area contributed by atoms with Gasteiger partial charge in [0.1, 0.15) is 10.8 Å². The van der Waals surface area contributed by atoms with Gasteiger partial charge < -0.3 is 10.2 Å². The number of carbonyl (C=O) groups is 2. The Balaban J connectivity index is 1.52. The summed E-state index contributed by atoms with van der Waals surface area (Å²) in [5.74, 6) is -0.720. The Morgan fingerprint density at radius 2 is 1.83 bits per heavy atom. The first-order valence-electron chi connectivity index (χ1n) is 9.34. The fourth-order valence-corrected chi connectivity index (χ4v) is 3.60. The molecule has 0 spiro atoms. The predicted molar refractivity (Wildman–Crippen MR) is 112 cm³/mol. The highest BCUT2D eigenvalue weighted by Gasteiger charge is 2.17. The Kier molecular flexibility index (Phi) is 7.08. The van der Waals surface area contributed by atoms with Crippen LogP contribution in [0.25, 0.3) is 10.6 Å². The lowest BCUT2D eigenvalue weighted by Gasteiger charge is -2.20. The molecule has 2 amide bonds. The van der Waals surface area contributed by atoms with E-state index in [1.165, 1.54) is 28.4 Å². The Morgan fingerprint density at radius 1 is 1.10 bits per heavy atom. The smallest absolute Gasteiger partial charge is 0.239 e. The Morgan fingerprint density at radius 3 is 2.52 bits per heavy atom. The zero-order chi connectivity index (χ0) is 20.6. The molecule has 1 heterocycles. The van der Waals surface area contributed by atoms with Crippen molar-refractivity contribution in [3.05, 3.63) is 77.1 Å². The summed E-state index contributed by atoms with van der Waals surface area (Å²) < 4.78 is 12.9. The molecule has 0 aliphatic rings. The van der Waals surface area contributed by atoms with Crippen LogP contribution in [0.5, 0.6) is 0 Å². The van der Waals surface area contributed by atoms with Gasteiger partial charge in [-0.1, -0.05) is 42.5 Å². The lowest BCUT2D eigenvalue weighted by Crippen LogP contribution is -2.41. The van der Waals surface area contributed by atoms with E-state index in [0.29, 0.717) is 12.2 Å². The Labute approximate surface area is 173 Å². The molecule has 2 aromatic carbocycles. The third kappa shape index (κ3) is 5.96. The predicted octanol–water partition coefficient (Wildman–Crippen LogP) is 3.66. The average molecular weight is 412 g/mol. The molecule has 1 N–H and O–H groups in total. The first-order valence-corrected chi connectivity index (χ1v) is 10.2. The molecule has 5 nitrogen and oxygen atoms in total. The molecule has 150 valence electrons. The lowest BCUT2D eigenvalue weighted by molar-refractivity contribution is -0.135. The minimum Gasteiger partial charge on any atom is -0.350 e. The average Bonchev–Trinajstić information content (AvgIpc) is 3.20. The minimum atomic E-state index is -0.319. The third-order valence-corrected chi connectivity index (χ3v) is 5.32.